The molecule has 10 nitrogen and oxygen atoms in total. The number of unbranched alkanes of at least 4 members (excludes halogenated alkanes) is 1. The van der Waals surface area contributed by atoms with Gasteiger partial charge in [0.1, 0.15) is 12.4 Å². The molecular weight excluding hydrogens is 621 g/mol. The van der Waals surface area contributed by atoms with E-state index in [1.54, 1.807) is 18.3 Å². The van der Waals surface area contributed by atoms with Crippen molar-refractivity contribution in [3.63, 3.8) is 0 Å². The van der Waals surface area contributed by atoms with Crippen molar-refractivity contribution in [1.82, 2.24) is 10.3 Å². The molecule has 250 valence electrons. The molecule has 1 aromatic carbocycles. The number of rotatable bonds is 22. The molecule has 3 N–H and O–H groups in total. The summed E-state index contributed by atoms with van der Waals surface area (Å²) in [5.41, 5.74) is 1.84. The molecule has 0 aliphatic rings. The first-order valence-corrected chi connectivity index (χ1v) is 16.0. The smallest absolute Gasteiger partial charge is 0.303 e. The van der Waals surface area contributed by atoms with Crippen LogP contribution in [0.25, 0.3) is 0 Å². The molecule has 0 aliphatic carbocycles. The fourth-order valence-corrected chi connectivity index (χ4v) is 4.88. The third-order valence-corrected chi connectivity index (χ3v) is 7.33. The molecule has 1 amide bonds. The van der Waals surface area contributed by atoms with Crippen LogP contribution in [-0.2, 0) is 23.9 Å². The molecule has 0 spiro atoms. The van der Waals surface area contributed by atoms with Crippen molar-refractivity contribution in [2.75, 3.05) is 51.4 Å². The molecule has 1 aromatic heterocycles. The Labute approximate surface area is 276 Å². The Morgan fingerprint density at radius 3 is 2.27 bits per heavy atom. The van der Waals surface area contributed by atoms with Crippen LogP contribution in [0.4, 0.5) is 5.82 Å². The summed E-state index contributed by atoms with van der Waals surface area (Å²) in [7, 11) is 0. The van der Waals surface area contributed by atoms with E-state index in [-0.39, 0.29) is 65.3 Å². The highest BCUT2D eigenvalue weighted by Crippen LogP contribution is 2.38. The van der Waals surface area contributed by atoms with Crippen molar-refractivity contribution < 1.29 is 33.7 Å². The zero-order valence-electron chi connectivity index (χ0n) is 26.8. The van der Waals surface area contributed by atoms with Crippen LogP contribution in [0.3, 0.4) is 0 Å². The number of aliphatic carboxylic acids is 1. The molecule has 1 atom stereocenters. The molecule has 0 saturated carbocycles. The third kappa shape index (κ3) is 16.8. The third-order valence-electron chi connectivity index (χ3n) is 6.76. The number of aryl methyl sites for hydroxylation is 1. The molecule has 45 heavy (non-hydrogen) atoms. The van der Waals surface area contributed by atoms with Gasteiger partial charge in [-0.05, 0) is 67.0 Å². The molecule has 1 heterocycles. The summed E-state index contributed by atoms with van der Waals surface area (Å²) in [5.74, 6) is -1.24. The second kappa shape index (κ2) is 20.3. The van der Waals surface area contributed by atoms with Crippen LogP contribution >= 0.6 is 23.2 Å². The van der Waals surface area contributed by atoms with E-state index in [1.165, 1.54) is 0 Å². The second-order valence-corrected chi connectivity index (χ2v) is 12.9. The predicted molar refractivity (Wildman–Crippen MR) is 177 cm³/mol. The van der Waals surface area contributed by atoms with E-state index in [0.29, 0.717) is 45.0 Å². The number of carbonyl (C=O) groups is 3. The Morgan fingerprint density at radius 1 is 0.956 bits per heavy atom. The lowest BCUT2D eigenvalue weighted by molar-refractivity contribution is -0.137. The zero-order valence-corrected chi connectivity index (χ0v) is 28.3. The molecule has 12 heteroatoms. The zero-order chi connectivity index (χ0) is 33.2. The molecule has 2 rings (SSSR count). The maximum Gasteiger partial charge on any atom is 0.303 e. The number of nitrogens with zero attached hydrogens (tertiary/aromatic N) is 1. The number of halogens is 2. The van der Waals surface area contributed by atoms with Crippen molar-refractivity contribution in [2.24, 2.45) is 5.41 Å². The predicted octanol–water partition coefficient (Wildman–Crippen LogP) is 6.46. The standard InChI is InChI=1S/C33H47Cl2N3O7/c1-23-8-11-37-29(17-23)36-10-6-5-7-30(40)38-22-26(39)18-24(21-31(41)42)25-19-27(34)32(28(35)20-25)45-16-15-44-14-13-43-12-9-33(2,3)4/h8,11,17,19-20,24H,5-7,9-10,12-16,18,21-22H2,1-4H3,(H,36,37)(H,38,40)(H,41,42). The molecule has 2 aromatic rings. The number of hydrogen-bond donors (Lipinski definition) is 3. The molecule has 0 saturated heterocycles. The van der Waals surface area contributed by atoms with Gasteiger partial charge in [-0.15, -0.1) is 0 Å². The van der Waals surface area contributed by atoms with Crippen LogP contribution < -0.4 is 15.4 Å². The van der Waals surface area contributed by atoms with Crippen LogP contribution in [0.5, 0.6) is 5.75 Å². The highest BCUT2D eigenvalue weighted by atomic mass is 35.5. The first-order chi connectivity index (χ1) is 21.3. The highest BCUT2D eigenvalue weighted by Gasteiger charge is 2.22. The molecule has 0 aliphatic heterocycles. The Kier molecular flexibility index (Phi) is 17.2. The quantitative estimate of drug-likeness (QED) is 0.121. The van der Waals surface area contributed by atoms with Crippen molar-refractivity contribution in [3.05, 3.63) is 51.6 Å². The lowest BCUT2D eigenvalue weighted by Gasteiger charge is -2.18. The maximum atomic E-state index is 12.7. The van der Waals surface area contributed by atoms with Gasteiger partial charge in [-0.1, -0.05) is 44.0 Å². The molecule has 0 bridgehead atoms. The van der Waals surface area contributed by atoms with Crippen LogP contribution in [0, 0.1) is 12.3 Å². The minimum Gasteiger partial charge on any atom is -0.488 e. The Bertz CT molecular complexity index is 1210. The summed E-state index contributed by atoms with van der Waals surface area (Å²) in [6.45, 7) is 11.1. The van der Waals surface area contributed by atoms with Gasteiger partial charge in [-0.25, -0.2) is 4.98 Å². The van der Waals surface area contributed by atoms with Gasteiger partial charge in [0, 0.05) is 38.1 Å². The first kappa shape index (κ1) is 38.3. The first-order valence-electron chi connectivity index (χ1n) is 15.3. The monoisotopic (exact) mass is 667 g/mol. The van der Waals surface area contributed by atoms with E-state index in [1.807, 2.05) is 19.1 Å². The highest BCUT2D eigenvalue weighted by molar-refractivity contribution is 6.37. The number of carbonyl (C=O) groups excluding carboxylic acids is 2. The van der Waals surface area contributed by atoms with E-state index in [0.717, 1.165) is 24.2 Å². The summed E-state index contributed by atoms with van der Waals surface area (Å²) in [4.78, 5) is 40.8. The van der Waals surface area contributed by atoms with Crippen molar-refractivity contribution in [2.45, 2.75) is 72.1 Å². The lowest BCUT2D eigenvalue weighted by atomic mass is 9.90. The van der Waals surface area contributed by atoms with Crippen LogP contribution in [0.15, 0.2) is 30.5 Å². The van der Waals surface area contributed by atoms with Gasteiger partial charge >= 0.3 is 5.97 Å². The number of amides is 1. The van der Waals surface area contributed by atoms with E-state index in [9.17, 15) is 19.5 Å². The van der Waals surface area contributed by atoms with Gasteiger partial charge in [-0.2, -0.15) is 0 Å². The van der Waals surface area contributed by atoms with Gasteiger partial charge in [0.2, 0.25) is 5.91 Å². The summed E-state index contributed by atoms with van der Waals surface area (Å²) < 4.78 is 16.8. The van der Waals surface area contributed by atoms with E-state index in [4.69, 9.17) is 37.4 Å². The van der Waals surface area contributed by atoms with Crippen LogP contribution in [0.1, 0.15) is 76.3 Å². The fourth-order valence-electron chi connectivity index (χ4n) is 4.27. The van der Waals surface area contributed by atoms with Crippen molar-refractivity contribution in [3.8, 4) is 5.75 Å². The lowest BCUT2D eigenvalue weighted by Crippen LogP contribution is -2.30. The number of pyridine rings is 1. The van der Waals surface area contributed by atoms with E-state index in [2.05, 4.69) is 36.4 Å². The Balaban J connectivity index is 1.75. The molecule has 1 unspecified atom stereocenters. The summed E-state index contributed by atoms with van der Waals surface area (Å²) in [5, 5.41) is 15.7. The Morgan fingerprint density at radius 2 is 1.62 bits per heavy atom. The largest absolute Gasteiger partial charge is 0.488 e. The van der Waals surface area contributed by atoms with Gasteiger partial charge in [-0.3, -0.25) is 14.4 Å². The maximum absolute atomic E-state index is 12.7. The fraction of sp³-hybridized carbons (Fsp3) is 0.576. The van der Waals surface area contributed by atoms with Gasteiger partial charge < -0.3 is 30.0 Å². The normalized spacial score (nSPS) is 12.0. The van der Waals surface area contributed by atoms with Gasteiger partial charge in [0.15, 0.2) is 11.5 Å². The average molecular weight is 669 g/mol. The number of carboxylic acids is 1. The SMILES string of the molecule is Cc1ccnc(NCCCCC(=O)NCC(=O)CC(CC(=O)O)c2cc(Cl)c(OCCOCCOCCC(C)(C)C)c(Cl)c2)c1. The molecular formula is C33H47Cl2N3O7. The Hall–Kier alpha value is -2.92. The number of carboxylic acid groups (broad SMARTS) is 1. The summed E-state index contributed by atoms with van der Waals surface area (Å²) >= 11 is 12.9. The number of benzene rings is 1. The average Bonchev–Trinajstić information content (AvgIpc) is 2.95. The van der Waals surface area contributed by atoms with Crippen LogP contribution in [-0.4, -0.2) is 73.9 Å². The number of nitrogens with one attached hydrogen (secondary N) is 2. The minimum atomic E-state index is -1.07. The summed E-state index contributed by atoms with van der Waals surface area (Å²) in [6.07, 6.45) is 3.98. The van der Waals surface area contributed by atoms with E-state index >= 15 is 0 Å². The number of Topliss-reactive ketones (excluding diaryl/α,β-unsaturated/α-hetero) is 1. The van der Waals surface area contributed by atoms with Gasteiger partial charge in [0.25, 0.3) is 0 Å². The second-order valence-electron chi connectivity index (χ2n) is 12.1. The van der Waals surface area contributed by atoms with E-state index < -0.39 is 11.9 Å². The molecule has 0 radical (unpaired) electrons. The van der Waals surface area contributed by atoms with Gasteiger partial charge in [0.05, 0.1) is 42.8 Å². The molecule has 0 fully saturated rings. The summed E-state index contributed by atoms with van der Waals surface area (Å²) in [6, 6.07) is 6.99. The number of ketones is 1. The topological polar surface area (TPSA) is 136 Å². The van der Waals surface area contributed by atoms with Crippen LogP contribution in [0.2, 0.25) is 10.0 Å². The number of ether oxygens (including phenoxy) is 3. The minimum absolute atomic E-state index is 0.0987. The number of anilines is 1. The van der Waals surface area contributed by atoms with Crippen molar-refractivity contribution in [1.29, 1.82) is 0 Å². The van der Waals surface area contributed by atoms with Crippen molar-refractivity contribution >= 4 is 46.7 Å². The number of hydrogen-bond acceptors (Lipinski definition) is 8. The number of aromatic nitrogens is 1.